The molecule has 1 aromatic carbocycles. The Morgan fingerprint density at radius 1 is 1.08 bits per heavy atom. The zero-order valence-corrected chi connectivity index (χ0v) is 13.3. The summed E-state index contributed by atoms with van der Waals surface area (Å²) < 4.78 is 6.61. The van der Waals surface area contributed by atoms with E-state index in [0.717, 1.165) is 0 Å². The van der Waals surface area contributed by atoms with Crippen LogP contribution in [0.2, 0.25) is 0 Å². The van der Waals surface area contributed by atoms with Gasteiger partial charge in [0.05, 0.1) is 5.52 Å². The molecule has 0 aliphatic rings. The number of fused-ring (bicyclic) bond motifs is 1. The van der Waals surface area contributed by atoms with Crippen LogP contribution in [-0.4, -0.2) is 21.4 Å². The number of carbonyl (C=O) groups excluding carboxylic acids is 2. The average molecular weight is 340 g/mol. The Kier molecular flexibility index (Phi) is 4.89. The number of aryl methyl sites for hydroxylation is 1. The van der Waals surface area contributed by atoms with E-state index >= 15 is 0 Å². The van der Waals surface area contributed by atoms with E-state index in [9.17, 15) is 14.4 Å². The summed E-state index contributed by atoms with van der Waals surface area (Å²) in [5, 5.41) is 0. The Balaban J connectivity index is 1.49. The van der Waals surface area contributed by atoms with E-state index in [1.54, 1.807) is 30.3 Å². The lowest BCUT2D eigenvalue weighted by molar-refractivity contribution is -0.122. The number of benzene rings is 1. The summed E-state index contributed by atoms with van der Waals surface area (Å²) in [7, 11) is 0. The maximum Gasteiger partial charge on any atom is 0.419 e. The number of para-hydroxylation sites is 2. The quantitative estimate of drug-likeness (QED) is 0.680. The molecule has 2 aromatic heterocycles. The molecule has 2 amide bonds. The minimum Gasteiger partial charge on any atom is -0.408 e. The molecule has 0 aliphatic heterocycles. The highest BCUT2D eigenvalue weighted by molar-refractivity contribution is 5.93. The van der Waals surface area contributed by atoms with Crippen molar-refractivity contribution >= 4 is 22.9 Å². The van der Waals surface area contributed by atoms with Crippen molar-refractivity contribution in [3.05, 3.63) is 64.9 Å². The molecular weight excluding hydrogens is 324 g/mol. The fourth-order valence-corrected chi connectivity index (χ4v) is 2.37. The number of rotatable bonds is 5. The molecule has 0 bridgehead atoms. The molecule has 0 saturated heterocycles. The summed E-state index contributed by atoms with van der Waals surface area (Å²) in [4.78, 5) is 39.3. The third kappa shape index (κ3) is 3.92. The van der Waals surface area contributed by atoms with Crippen molar-refractivity contribution in [2.24, 2.45) is 0 Å². The number of nitrogens with zero attached hydrogens (tertiary/aromatic N) is 2. The fraction of sp³-hybridized carbons (Fsp3) is 0.176. The summed E-state index contributed by atoms with van der Waals surface area (Å²) in [6, 6.07) is 12.0. The van der Waals surface area contributed by atoms with Gasteiger partial charge in [0.15, 0.2) is 5.58 Å². The molecule has 2 N–H and O–H groups in total. The molecule has 3 rings (SSSR count). The smallest absolute Gasteiger partial charge is 0.408 e. The minimum atomic E-state index is -0.494. The topological polar surface area (TPSA) is 106 Å². The van der Waals surface area contributed by atoms with Crippen LogP contribution < -0.4 is 16.6 Å². The second kappa shape index (κ2) is 7.43. The predicted octanol–water partition coefficient (Wildman–Crippen LogP) is 1.23. The van der Waals surface area contributed by atoms with E-state index in [4.69, 9.17) is 4.42 Å². The van der Waals surface area contributed by atoms with Crippen LogP contribution >= 0.6 is 0 Å². The van der Waals surface area contributed by atoms with Crippen LogP contribution in [0.1, 0.15) is 23.3 Å². The fourth-order valence-electron chi connectivity index (χ4n) is 2.37. The number of hydrogen-bond donors (Lipinski definition) is 2. The molecule has 128 valence electrons. The molecule has 0 saturated carbocycles. The Morgan fingerprint density at radius 3 is 2.68 bits per heavy atom. The first-order valence-electron chi connectivity index (χ1n) is 7.74. The predicted molar refractivity (Wildman–Crippen MR) is 89.6 cm³/mol. The van der Waals surface area contributed by atoms with Gasteiger partial charge in [0.2, 0.25) is 5.91 Å². The third-order valence-corrected chi connectivity index (χ3v) is 3.57. The molecule has 0 aliphatic carbocycles. The van der Waals surface area contributed by atoms with Crippen molar-refractivity contribution in [2.45, 2.75) is 19.4 Å². The molecule has 8 nitrogen and oxygen atoms in total. The third-order valence-electron chi connectivity index (χ3n) is 3.57. The number of nitrogens with one attached hydrogen (secondary N) is 2. The lowest BCUT2D eigenvalue weighted by Crippen LogP contribution is -2.41. The van der Waals surface area contributed by atoms with Gasteiger partial charge in [-0.3, -0.25) is 30.0 Å². The normalized spacial score (nSPS) is 10.6. The summed E-state index contributed by atoms with van der Waals surface area (Å²) in [5.74, 6) is -1.30. The second-order valence-electron chi connectivity index (χ2n) is 5.31. The van der Waals surface area contributed by atoms with Gasteiger partial charge in [-0.1, -0.05) is 18.2 Å². The van der Waals surface area contributed by atoms with Gasteiger partial charge in [0.1, 0.15) is 5.69 Å². The van der Waals surface area contributed by atoms with Crippen molar-refractivity contribution in [1.29, 1.82) is 0 Å². The van der Waals surface area contributed by atoms with E-state index in [1.165, 1.54) is 16.8 Å². The summed E-state index contributed by atoms with van der Waals surface area (Å²) in [6.07, 6.45) is 2.06. The van der Waals surface area contributed by atoms with Gasteiger partial charge in [-0.2, -0.15) is 0 Å². The standard InChI is InChI=1S/C17H16N4O4/c22-15(19-20-16(23)12-6-3-4-10-18-12)9-5-11-21-13-7-1-2-8-14(13)25-17(21)24/h1-4,6-8,10H,5,9,11H2,(H,19,22)(H,20,23). The number of aromatic nitrogens is 2. The van der Waals surface area contributed by atoms with Gasteiger partial charge in [0, 0.05) is 19.2 Å². The Bertz CT molecular complexity index is 946. The summed E-state index contributed by atoms with van der Waals surface area (Å²) in [5.41, 5.74) is 6.03. The molecular formula is C17H16N4O4. The van der Waals surface area contributed by atoms with Crippen LogP contribution in [0.5, 0.6) is 0 Å². The Morgan fingerprint density at radius 2 is 1.88 bits per heavy atom. The zero-order valence-electron chi connectivity index (χ0n) is 13.3. The van der Waals surface area contributed by atoms with Crippen molar-refractivity contribution < 1.29 is 14.0 Å². The Labute approximate surface area is 142 Å². The summed E-state index contributed by atoms with van der Waals surface area (Å²) >= 11 is 0. The number of carbonyl (C=O) groups is 2. The van der Waals surface area contributed by atoms with Crippen LogP contribution in [0.15, 0.2) is 57.9 Å². The van der Waals surface area contributed by atoms with Gasteiger partial charge in [-0.25, -0.2) is 4.79 Å². The van der Waals surface area contributed by atoms with Crippen molar-refractivity contribution in [3.8, 4) is 0 Å². The minimum absolute atomic E-state index is 0.147. The maximum absolute atomic E-state index is 11.8. The van der Waals surface area contributed by atoms with Crippen molar-refractivity contribution in [3.63, 3.8) is 0 Å². The van der Waals surface area contributed by atoms with Gasteiger partial charge < -0.3 is 4.42 Å². The molecule has 0 spiro atoms. The highest BCUT2D eigenvalue weighted by atomic mass is 16.4. The number of pyridine rings is 1. The first-order valence-corrected chi connectivity index (χ1v) is 7.74. The van der Waals surface area contributed by atoms with Crippen LogP contribution in [0.3, 0.4) is 0 Å². The van der Waals surface area contributed by atoms with Crippen LogP contribution in [-0.2, 0) is 11.3 Å². The highest BCUT2D eigenvalue weighted by Crippen LogP contribution is 2.12. The molecule has 0 atom stereocenters. The highest BCUT2D eigenvalue weighted by Gasteiger charge is 2.10. The van der Waals surface area contributed by atoms with Gasteiger partial charge in [-0.05, 0) is 30.7 Å². The van der Waals surface area contributed by atoms with Crippen LogP contribution in [0.4, 0.5) is 0 Å². The molecule has 0 unspecified atom stereocenters. The van der Waals surface area contributed by atoms with Crippen LogP contribution in [0.25, 0.3) is 11.1 Å². The number of amides is 2. The largest absolute Gasteiger partial charge is 0.419 e. The van der Waals surface area contributed by atoms with E-state index in [1.807, 2.05) is 6.07 Å². The SMILES string of the molecule is O=C(CCCn1c(=O)oc2ccccc21)NNC(=O)c1ccccn1. The first kappa shape index (κ1) is 16.4. The molecule has 0 fully saturated rings. The molecule has 8 heteroatoms. The van der Waals surface area contributed by atoms with Crippen molar-refractivity contribution in [2.75, 3.05) is 0 Å². The van der Waals surface area contributed by atoms with E-state index in [2.05, 4.69) is 15.8 Å². The summed E-state index contributed by atoms with van der Waals surface area (Å²) in [6.45, 7) is 0.345. The maximum atomic E-state index is 11.8. The zero-order chi connectivity index (χ0) is 17.6. The molecule has 3 aromatic rings. The number of oxazole rings is 1. The van der Waals surface area contributed by atoms with E-state index in [0.29, 0.717) is 24.1 Å². The monoisotopic (exact) mass is 340 g/mol. The average Bonchev–Trinajstić information content (AvgIpc) is 2.96. The Hall–Kier alpha value is -3.42. The van der Waals surface area contributed by atoms with E-state index in [-0.39, 0.29) is 18.0 Å². The van der Waals surface area contributed by atoms with Gasteiger partial charge >= 0.3 is 5.76 Å². The molecule has 25 heavy (non-hydrogen) atoms. The van der Waals surface area contributed by atoms with Gasteiger partial charge in [-0.15, -0.1) is 0 Å². The first-order chi connectivity index (χ1) is 12.1. The lowest BCUT2D eigenvalue weighted by atomic mass is 10.3. The molecule has 0 radical (unpaired) electrons. The van der Waals surface area contributed by atoms with E-state index < -0.39 is 11.7 Å². The van der Waals surface area contributed by atoms with Crippen LogP contribution in [0, 0.1) is 0 Å². The number of hydrazine groups is 1. The second-order valence-corrected chi connectivity index (χ2v) is 5.31. The van der Waals surface area contributed by atoms with Crippen molar-refractivity contribution in [1.82, 2.24) is 20.4 Å². The van der Waals surface area contributed by atoms with Gasteiger partial charge in [0.25, 0.3) is 5.91 Å². The lowest BCUT2D eigenvalue weighted by Gasteiger charge is -2.07. The number of hydrogen-bond acceptors (Lipinski definition) is 5. The molecule has 2 heterocycles.